The van der Waals surface area contributed by atoms with E-state index in [1.807, 2.05) is 49.6 Å². The van der Waals surface area contributed by atoms with E-state index in [9.17, 15) is 19.2 Å². The van der Waals surface area contributed by atoms with Crippen molar-refractivity contribution in [3.63, 3.8) is 0 Å². The number of esters is 1. The van der Waals surface area contributed by atoms with E-state index in [1.54, 1.807) is 30.3 Å². The number of aromatic nitrogens is 1. The Balaban J connectivity index is 1.73. The zero-order valence-electron chi connectivity index (χ0n) is 19.9. The first-order valence-corrected chi connectivity index (χ1v) is 11.1. The molecule has 2 heterocycles. The van der Waals surface area contributed by atoms with Crippen molar-refractivity contribution in [2.24, 2.45) is 0 Å². The van der Waals surface area contributed by atoms with Crippen LogP contribution in [0.1, 0.15) is 39.8 Å². The normalized spacial score (nSPS) is 14.9. The molecular formula is C27H25N3O5. The molecule has 2 aromatic carbocycles. The molecule has 8 heteroatoms. The van der Waals surface area contributed by atoms with Crippen LogP contribution >= 0.6 is 0 Å². The average Bonchev–Trinajstić information content (AvgIpc) is 3.14. The Morgan fingerprint density at radius 2 is 1.71 bits per heavy atom. The van der Waals surface area contributed by atoms with Crippen molar-refractivity contribution in [1.82, 2.24) is 9.88 Å². The lowest BCUT2D eigenvalue weighted by Gasteiger charge is -2.26. The van der Waals surface area contributed by atoms with Crippen molar-refractivity contribution < 1.29 is 23.9 Å². The maximum atomic E-state index is 13.2. The summed E-state index contributed by atoms with van der Waals surface area (Å²) in [6.45, 7) is 5.74. The number of aryl methyl sites for hydroxylation is 2. The number of ether oxygens (including phenoxy) is 1. The molecule has 3 aromatic rings. The van der Waals surface area contributed by atoms with Crippen LogP contribution in [-0.2, 0) is 20.7 Å². The summed E-state index contributed by atoms with van der Waals surface area (Å²) < 4.78 is 6.73. The Bertz CT molecular complexity index is 1380. The number of nitrogens with one attached hydrogen (secondary N) is 1. The van der Waals surface area contributed by atoms with Gasteiger partial charge in [0, 0.05) is 17.1 Å². The molecule has 0 bridgehead atoms. The largest absolute Gasteiger partial charge is 0.465 e. The van der Waals surface area contributed by atoms with Crippen LogP contribution < -0.4 is 10.2 Å². The lowest BCUT2D eigenvalue weighted by atomic mass is 10.1. The summed E-state index contributed by atoms with van der Waals surface area (Å²) >= 11 is 0. The molecule has 0 atom stereocenters. The van der Waals surface area contributed by atoms with Crippen LogP contribution in [0.5, 0.6) is 0 Å². The quantitative estimate of drug-likeness (QED) is 0.343. The second kappa shape index (κ2) is 9.42. The highest BCUT2D eigenvalue weighted by atomic mass is 16.5. The lowest BCUT2D eigenvalue weighted by Crippen LogP contribution is -2.54. The Morgan fingerprint density at radius 3 is 2.37 bits per heavy atom. The highest BCUT2D eigenvalue weighted by Gasteiger charge is 2.37. The van der Waals surface area contributed by atoms with Crippen LogP contribution in [0, 0.1) is 13.8 Å². The molecule has 1 saturated heterocycles. The first kappa shape index (κ1) is 23.7. The van der Waals surface area contributed by atoms with E-state index in [-0.39, 0.29) is 5.57 Å². The van der Waals surface area contributed by atoms with Crippen molar-refractivity contribution >= 4 is 35.6 Å². The van der Waals surface area contributed by atoms with Crippen LogP contribution in [0.2, 0.25) is 0 Å². The van der Waals surface area contributed by atoms with Gasteiger partial charge in [-0.25, -0.2) is 14.5 Å². The standard InChI is InChI=1S/C27H25N3O5/c1-5-18-9-11-21(12-10-18)30-25(32)23(24(31)28-27(30)34)15-20-13-16(2)29(17(20)3)22-8-6-7-19(14-22)26(33)35-4/h6-15H,5H2,1-4H3,(H,28,31,34). The van der Waals surface area contributed by atoms with Crippen LogP contribution in [0.15, 0.2) is 60.2 Å². The van der Waals surface area contributed by atoms with E-state index < -0.39 is 23.8 Å². The maximum absolute atomic E-state index is 13.2. The number of hydrogen-bond acceptors (Lipinski definition) is 5. The average molecular weight is 472 g/mol. The minimum Gasteiger partial charge on any atom is -0.465 e. The molecule has 1 aromatic heterocycles. The summed E-state index contributed by atoms with van der Waals surface area (Å²) in [6, 6.07) is 15.1. The van der Waals surface area contributed by atoms with Gasteiger partial charge < -0.3 is 9.30 Å². The second-order valence-electron chi connectivity index (χ2n) is 8.18. The number of amides is 4. The number of methoxy groups -OCH3 is 1. The van der Waals surface area contributed by atoms with Crippen LogP contribution in [-0.4, -0.2) is 35.5 Å². The molecular weight excluding hydrogens is 446 g/mol. The molecule has 178 valence electrons. The summed E-state index contributed by atoms with van der Waals surface area (Å²) in [5, 5.41) is 2.26. The van der Waals surface area contributed by atoms with Gasteiger partial charge in [-0.1, -0.05) is 25.1 Å². The van der Waals surface area contributed by atoms with Crippen molar-refractivity contribution in [2.75, 3.05) is 12.0 Å². The van der Waals surface area contributed by atoms with E-state index in [2.05, 4.69) is 5.32 Å². The highest BCUT2D eigenvalue weighted by Crippen LogP contribution is 2.26. The zero-order valence-corrected chi connectivity index (χ0v) is 19.9. The number of barbiturate groups is 1. The summed E-state index contributed by atoms with van der Waals surface area (Å²) in [5.74, 6) is -1.89. The predicted molar refractivity (Wildman–Crippen MR) is 131 cm³/mol. The molecule has 0 spiro atoms. The molecule has 0 aliphatic carbocycles. The van der Waals surface area contributed by atoms with Gasteiger partial charge in [0.25, 0.3) is 11.8 Å². The van der Waals surface area contributed by atoms with Crippen molar-refractivity contribution in [1.29, 1.82) is 0 Å². The van der Waals surface area contributed by atoms with E-state index in [4.69, 9.17) is 4.74 Å². The van der Waals surface area contributed by atoms with Crippen LogP contribution in [0.3, 0.4) is 0 Å². The molecule has 0 saturated carbocycles. The molecule has 1 N–H and O–H groups in total. The van der Waals surface area contributed by atoms with Gasteiger partial charge in [0.1, 0.15) is 5.57 Å². The van der Waals surface area contributed by atoms with E-state index >= 15 is 0 Å². The fraction of sp³-hybridized carbons (Fsp3) is 0.185. The fourth-order valence-electron chi connectivity index (χ4n) is 4.15. The Morgan fingerprint density at radius 1 is 1.00 bits per heavy atom. The third-order valence-corrected chi connectivity index (χ3v) is 6.00. The van der Waals surface area contributed by atoms with Gasteiger partial charge in [-0.05, 0) is 73.9 Å². The van der Waals surface area contributed by atoms with Gasteiger partial charge in [0.05, 0.1) is 18.4 Å². The third-order valence-electron chi connectivity index (χ3n) is 6.00. The molecule has 4 rings (SSSR count). The van der Waals surface area contributed by atoms with Crippen molar-refractivity contribution in [3.05, 3.63) is 88.2 Å². The van der Waals surface area contributed by atoms with Gasteiger partial charge in [-0.15, -0.1) is 0 Å². The van der Waals surface area contributed by atoms with Crippen molar-refractivity contribution in [2.45, 2.75) is 27.2 Å². The number of carbonyl (C=O) groups is 4. The molecule has 8 nitrogen and oxygen atoms in total. The first-order valence-electron chi connectivity index (χ1n) is 11.1. The highest BCUT2D eigenvalue weighted by molar-refractivity contribution is 6.39. The minimum atomic E-state index is -0.786. The zero-order chi connectivity index (χ0) is 25.3. The summed E-state index contributed by atoms with van der Waals surface area (Å²) in [5.41, 5.74) is 4.67. The fourth-order valence-corrected chi connectivity index (χ4v) is 4.15. The minimum absolute atomic E-state index is 0.146. The topological polar surface area (TPSA) is 97.7 Å². The van der Waals surface area contributed by atoms with Crippen molar-refractivity contribution in [3.8, 4) is 5.69 Å². The van der Waals surface area contributed by atoms with Gasteiger partial charge in [0.2, 0.25) is 0 Å². The van der Waals surface area contributed by atoms with E-state index in [1.165, 1.54) is 13.2 Å². The van der Waals surface area contributed by atoms with Gasteiger partial charge in [-0.2, -0.15) is 0 Å². The number of benzene rings is 2. The predicted octanol–water partition coefficient (Wildman–Crippen LogP) is 4.11. The summed E-state index contributed by atoms with van der Waals surface area (Å²) in [4.78, 5) is 51.3. The van der Waals surface area contributed by atoms with E-state index in [0.29, 0.717) is 16.8 Å². The van der Waals surface area contributed by atoms with Gasteiger partial charge in [0.15, 0.2) is 0 Å². The smallest absolute Gasteiger partial charge is 0.337 e. The molecule has 1 aliphatic heterocycles. The molecule has 0 unspecified atom stereocenters. The molecule has 1 aliphatic rings. The summed E-state index contributed by atoms with van der Waals surface area (Å²) in [6.07, 6.45) is 2.31. The second-order valence-corrected chi connectivity index (χ2v) is 8.18. The van der Waals surface area contributed by atoms with Crippen LogP contribution in [0.4, 0.5) is 10.5 Å². The SMILES string of the molecule is CCc1ccc(N2C(=O)NC(=O)C(=Cc3cc(C)n(-c4cccc(C(=O)OC)c4)c3C)C2=O)cc1. The molecule has 4 amide bonds. The number of imide groups is 2. The lowest BCUT2D eigenvalue weighted by molar-refractivity contribution is -0.122. The molecule has 0 radical (unpaired) electrons. The Labute approximate surface area is 202 Å². The third kappa shape index (κ3) is 4.38. The monoisotopic (exact) mass is 471 g/mol. The Kier molecular flexibility index (Phi) is 6.38. The van der Waals surface area contributed by atoms with Crippen LogP contribution in [0.25, 0.3) is 11.8 Å². The Hall–Kier alpha value is -4.46. The molecule has 1 fully saturated rings. The maximum Gasteiger partial charge on any atom is 0.337 e. The first-order chi connectivity index (χ1) is 16.7. The number of carbonyl (C=O) groups excluding carboxylic acids is 4. The number of urea groups is 1. The van der Waals surface area contributed by atoms with Gasteiger partial charge in [-0.3, -0.25) is 14.9 Å². The van der Waals surface area contributed by atoms with E-state index in [0.717, 1.165) is 34.0 Å². The number of anilines is 1. The number of nitrogens with zero attached hydrogens (tertiary/aromatic N) is 2. The number of rotatable bonds is 5. The number of hydrogen-bond donors (Lipinski definition) is 1. The molecule has 35 heavy (non-hydrogen) atoms. The van der Waals surface area contributed by atoms with Gasteiger partial charge >= 0.3 is 12.0 Å². The summed E-state index contributed by atoms with van der Waals surface area (Å²) in [7, 11) is 1.32.